The Labute approximate surface area is 121 Å². The van der Waals surface area contributed by atoms with Gasteiger partial charge in [0.05, 0.1) is 17.2 Å². The van der Waals surface area contributed by atoms with Gasteiger partial charge in [0.1, 0.15) is 0 Å². The van der Waals surface area contributed by atoms with Crippen molar-refractivity contribution < 1.29 is 4.79 Å². The molecule has 0 saturated carbocycles. The second kappa shape index (κ2) is 8.29. The second-order valence-electron chi connectivity index (χ2n) is 4.54. The lowest BCUT2D eigenvalue weighted by Gasteiger charge is -2.24. The van der Waals surface area contributed by atoms with Gasteiger partial charge in [-0.2, -0.15) is 0 Å². The highest BCUT2D eigenvalue weighted by Crippen LogP contribution is 2.16. The number of nitrogens with two attached hydrogens (primary N) is 1. The largest absolute Gasteiger partial charge is 0.348 e. The molecule has 0 saturated heterocycles. The van der Waals surface area contributed by atoms with Gasteiger partial charge in [-0.1, -0.05) is 6.07 Å². The number of amides is 1. The Morgan fingerprint density at radius 1 is 1.44 bits per heavy atom. The number of pyridine rings is 1. The van der Waals surface area contributed by atoms with Gasteiger partial charge in [0.15, 0.2) is 0 Å². The number of aromatic nitrogens is 1. The van der Waals surface area contributed by atoms with E-state index >= 15 is 0 Å². The molecule has 0 fully saturated rings. The lowest BCUT2D eigenvalue weighted by atomic mass is 9.92. The van der Waals surface area contributed by atoms with E-state index in [4.69, 9.17) is 5.73 Å². The SMILES string of the molecule is CC(NC(=O)C(C)(C)CN)c1ccccn1.Cl.Cl. The number of rotatable bonds is 4. The highest BCUT2D eigenvalue weighted by atomic mass is 35.5. The summed E-state index contributed by atoms with van der Waals surface area (Å²) in [5.74, 6) is -0.0480. The van der Waals surface area contributed by atoms with Crippen molar-refractivity contribution in [1.29, 1.82) is 0 Å². The summed E-state index contributed by atoms with van der Waals surface area (Å²) in [6, 6.07) is 5.54. The van der Waals surface area contributed by atoms with Crippen molar-refractivity contribution >= 4 is 30.7 Å². The molecular weight excluding hydrogens is 273 g/mol. The van der Waals surface area contributed by atoms with Crippen molar-refractivity contribution in [2.24, 2.45) is 11.1 Å². The Balaban J connectivity index is 0. The first kappa shape index (κ1) is 19.5. The highest BCUT2D eigenvalue weighted by Gasteiger charge is 2.27. The zero-order chi connectivity index (χ0) is 12.2. The Hall–Kier alpha value is -0.840. The van der Waals surface area contributed by atoms with Gasteiger partial charge in [0, 0.05) is 12.7 Å². The molecule has 1 rings (SSSR count). The van der Waals surface area contributed by atoms with E-state index in [0.717, 1.165) is 5.69 Å². The maximum Gasteiger partial charge on any atom is 0.227 e. The number of hydrogen-bond donors (Lipinski definition) is 2. The summed E-state index contributed by atoms with van der Waals surface area (Å²) in [6.07, 6.45) is 1.71. The maximum atomic E-state index is 11.9. The van der Waals surface area contributed by atoms with E-state index in [1.165, 1.54) is 0 Å². The summed E-state index contributed by atoms with van der Waals surface area (Å²) < 4.78 is 0. The molecule has 0 radical (unpaired) electrons. The average Bonchev–Trinajstić information content (AvgIpc) is 2.30. The predicted molar refractivity (Wildman–Crippen MR) is 78.1 cm³/mol. The van der Waals surface area contributed by atoms with E-state index < -0.39 is 5.41 Å². The minimum atomic E-state index is -0.539. The summed E-state index contributed by atoms with van der Waals surface area (Å²) in [5.41, 5.74) is 5.86. The standard InChI is InChI=1S/C12H19N3O.2ClH/c1-9(10-6-4-5-7-14-10)15-11(16)12(2,3)8-13;;/h4-7,9H,8,13H2,1-3H3,(H,15,16);2*1H. The van der Waals surface area contributed by atoms with Gasteiger partial charge < -0.3 is 11.1 Å². The summed E-state index contributed by atoms with van der Waals surface area (Å²) >= 11 is 0. The van der Waals surface area contributed by atoms with Crippen LogP contribution in [0.4, 0.5) is 0 Å². The van der Waals surface area contributed by atoms with Crippen LogP contribution in [0, 0.1) is 5.41 Å². The van der Waals surface area contributed by atoms with E-state index in [9.17, 15) is 4.79 Å². The third-order valence-corrected chi connectivity index (χ3v) is 2.60. The zero-order valence-corrected chi connectivity index (χ0v) is 12.5. The van der Waals surface area contributed by atoms with Crippen LogP contribution in [0.5, 0.6) is 0 Å². The number of carbonyl (C=O) groups is 1. The van der Waals surface area contributed by atoms with Gasteiger partial charge in [-0.3, -0.25) is 9.78 Å². The van der Waals surface area contributed by atoms with Crippen LogP contribution in [-0.2, 0) is 4.79 Å². The van der Waals surface area contributed by atoms with E-state index in [-0.39, 0.29) is 36.8 Å². The molecule has 0 aliphatic rings. The Morgan fingerprint density at radius 3 is 2.50 bits per heavy atom. The summed E-state index contributed by atoms with van der Waals surface area (Å²) in [5, 5.41) is 2.91. The molecule has 1 unspecified atom stereocenters. The second-order valence-corrected chi connectivity index (χ2v) is 4.54. The molecule has 1 aromatic heterocycles. The van der Waals surface area contributed by atoms with Gasteiger partial charge in [-0.05, 0) is 32.9 Å². The number of carbonyl (C=O) groups excluding carboxylic acids is 1. The van der Waals surface area contributed by atoms with Crippen molar-refractivity contribution in [1.82, 2.24) is 10.3 Å². The Bertz CT molecular complexity index is 358. The highest BCUT2D eigenvalue weighted by molar-refractivity contribution is 5.85. The van der Waals surface area contributed by atoms with Crippen molar-refractivity contribution in [3.63, 3.8) is 0 Å². The van der Waals surface area contributed by atoms with Crippen molar-refractivity contribution in [3.05, 3.63) is 30.1 Å². The molecule has 0 aromatic carbocycles. The van der Waals surface area contributed by atoms with Crippen LogP contribution in [0.3, 0.4) is 0 Å². The molecule has 0 bridgehead atoms. The van der Waals surface area contributed by atoms with Crippen LogP contribution in [0.15, 0.2) is 24.4 Å². The van der Waals surface area contributed by atoms with Crippen LogP contribution in [-0.4, -0.2) is 17.4 Å². The lowest BCUT2D eigenvalue weighted by Crippen LogP contribution is -2.42. The quantitative estimate of drug-likeness (QED) is 0.893. The van der Waals surface area contributed by atoms with Crippen LogP contribution in [0.25, 0.3) is 0 Å². The van der Waals surface area contributed by atoms with Crippen LogP contribution < -0.4 is 11.1 Å². The Morgan fingerprint density at radius 2 is 2.06 bits per heavy atom. The van der Waals surface area contributed by atoms with E-state index in [1.54, 1.807) is 6.20 Å². The average molecular weight is 294 g/mol. The van der Waals surface area contributed by atoms with Gasteiger partial charge in [-0.25, -0.2) is 0 Å². The molecule has 1 amide bonds. The molecule has 1 heterocycles. The molecular formula is C12H21Cl2N3O. The van der Waals surface area contributed by atoms with E-state index in [1.807, 2.05) is 39.0 Å². The molecule has 3 N–H and O–H groups in total. The third kappa shape index (κ3) is 5.21. The molecule has 1 aromatic rings. The number of halogens is 2. The van der Waals surface area contributed by atoms with Crippen molar-refractivity contribution in [3.8, 4) is 0 Å². The van der Waals surface area contributed by atoms with Crippen LogP contribution in [0.2, 0.25) is 0 Å². The summed E-state index contributed by atoms with van der Waals surface area (Å²) in [4.78, 5) is 16.1. The molecule has 104 valence electrons. The number of nitrogens with one attached hydrogen (secondary N) is 1. The van der Waals surface area contributed by atoms with Gasteiger partial charge in [0.2, 0.25) is 5.91 Å². The van der Waals surface area contributed by atoms with Crippen LogP contribution in [0.1, 0.15) is 32.5 Å². The molecule has 0 aliphatic heterocycles. The number of hydrogen-bond acceptors (Lipinski definition) is 3. The van der Waals surface area contributed by atoms with Gasteiger partial charge in [-0.15, -0.1) is 24.8 Å². The van der Waals surface area contributed by atoms with Crippen molar-refractivity contribution in [2.75, 3.05) is 6.54 Å². The smallest absolute Gasteiger partial charge is 0.227 e. The molecule has 1 atom stereocenters. The minimum absolute atomic E-state index is 0. The van der Waals surface area contributed by atoms with Crippen LogP contribution >= 0.6 is 24.8 Å². The molecule has 4 nitrogen and oxygen atoms in total. The normalized spacial score (nSPS) is 11.8. The third-order valence-electron chi connectivity index (χ3n) is 2.60. The zero-order valence-electron chi connectivity index (χ0n) is 10.8. The first-order chi connectivity index (χ1) is 7.47. The minimum Gasteiger partial charge on any atom is -0.348 e. The summed E-state index contributed by atoms with van der Waals surface area (Å²) in [6.45, 7) is 5.89. The fraction of sp³-hybridized carbons (Fsp3) is 0.500. The first-order valence-corrected chi connectivity index (χ1v) is 5.39. The van der Waals surface area contributed by atoms with Gasteiger partial charge in [0.25, 0.3) is 0 Å². The molecule has 18 heavy (non-hydrogen) atoms. The first-order valence-electron chi connectivity index (χ1n) is 5.39. The number of nitrogens with zero attached hydrogens (tertiary/aromatic N) is 1. The lowest BCUT2D eigenvalue weighted by molar-refractivity contribution is -0.129. The molecule has 6 heteroatoms. The summed E-state index contributed by atoms with van der Waals surface area (Å²) in [7, 11) is 0. The fourth-order valence-electron chi connectivity index (χ4n) is 1.19. The monoisotopic (exact) mass is 293 g/mol. The van der Waals surface area contributed by atoms with Gasteiger partial charge >= 0.3 is 0 Å². The molecule has 0 spiro atoms. The fourth-order valence-corrected chi connectivity index (χ4v) is 1.19. The van der Waals surface area contributed by atoms with E-state index in [2.05, 4.69) is 10.3 Å². The molecule has 0 aliphatic carbocycles. The topological polar surface area (TPSA) is 68.0 Å². The maximum absolute atomic E-state index is 11.9. The van der Waals surface area contributed by atoms with Crippen molar-refractivity contribution in [2.45, 2.75) is 26.8 Å². The van der Waals surface area contributed by atoms with E-state index in [0.29, 0.717) is 6.54 Å². The predicted octanol–water partition coefficient (Wildman–Crippen LogP) is 2.09. The Kier molecular flexibility index (Phi) is 8.99.